The SMILES string of the molecule is C=C1c2c(n[nH]c2C)C(C(C=C(C)C)=NC)=CN1C(C1CC1)C1CC1.CC.CC.CCC[C@@H](O)CC. The third kappa shape index (κ3) is 8.47. The second-order valence-electron chi connectivity index (χ2n) is 9.82. The molecular weight excluding hydrogens is 444 g/mol. The Morgan fingerprint density at radius 3 is 2.11 bits per heavy atom. The van der Waals surface area contributed by atoms with Gasteiger partial charge in [-0.2, -0.15) is 5.10 Å². The number of H-pyrrole nitrogens is 1. The predicted molar refractivity (Wildman–Crippen MR) is 158 cm³/mol. The van der Waals surface area contributed by atoms with Crippen molar-refractivity contribution in [2.75, 3.05) is 7.05 Å². The molecule has 1 aromatic heterocycles. The number of fused-ring (bicyclic) bond motifs is 1. The van der Waals surface area contributed by atoms with E-state index in [4.69, 9.17) is 5.11 Å². The highest BCUT2D eigenvalue weighted by Crippen LogP contribution is 2.50. The maximum atomic E-state index is 8.86. The molecule has 2 saturated carbocycles. The summed E-state index contributed by atoms with van der Waals surface area (Å²) < 4.78 is 0. The molecule has 2 heterocycles. The lowest BCUT2D eigenvalue weighted by atomic mass is 9.93. The quantitative estimate of drug-likeness (QED) is 0.355. The van der Waals surface area contributed by atoms with E-state index < -0.39 is 0 Å². The van der Waals surface area contributed by atoms with E-state index in [0.29, 0.717) is 6.04 Å². The Morgan fingerprint density at radius 1 is 1.17 bits per heavy atom. The van der Waals surface area contributed by atoms with Crippen LogP contribution in [0.3, 0.4) is 0 Å². The number of aliphatic imine (C=N–C) groups is 1. The van der Waals surface area contributed by atoms with Gasteiger partial charge in [-0.15, -0.1) is 0 Å². The fourth-order valence-electron chi connectivity index (χ4n) is 4.63. The monoisotopic (exact) mass is 498 g/mol. The number of aliphatic hydroxyl groups is 1. The van der Waals surface area contributed by atoms with Crippen LogP contribution in [-0.2, 0) is 0 Å². The number of aromatic nitrogens is 2. The lowest BCUT2D eigenvalue weighted by molar-refractivity contribution is 0.159. The van der Waals surface area contributed by atoms with Gasteiger partial charge in [-0.1, -0.05) is 60.1 Å². The lowest BCUT2D eigenvalue weighted by Crippen LogP contribution is -2.35. The Kier molecular flexibility index (Phi) is 14.0. The van der Waals surface area contributed by atoms with Gasteiger partial charge in [0.05, 0.1) is 11.8 Å². The summed E-state index contributed by atoms with van der Waals surface area (Å²) in [5.41, 5.74) is 7.69. The molecule has 5 nitrogen and oxygen atoms in total. The van der Waals surface area contributed by atoms with E-state index in [9.17, 15) is 0 Å². The van der Waals surface area contributed by atoms with Crippen LogP contribution in [0.1, 0.15) is 117 Å². The highest BCUT2D eigenvalue weighted by atomic mass is 16.3. The molecular formula is C31H54N4O. The van der Waals surface area contributed by atoms with Gasteiger partial charge in [-0.25, -0.2) is 0 Å². The summed E-state index contributed by atoms with van der Waals surface area (Å²) in [5, 5.41) is 16.6. The van der Waals surface area contributed by atoms with Crippen LogP contribution in [0.2, 0.25) is 0 Å². The Labute approximate surface area is 221 Å². The molecule has 1 atom stereocenters. The van der Waals surface area contributed by atoms with E-state index in [2.05, 4.69) is 66.6 Å². The van der Waals surface area contributed by atoms with Crippen molar-refractivity contribution in [3.8, 4) is 0 Å². The van der Waals surface area contributed by atoms with Gasteiger partial charge in [0.2, 0.25) is 0 Å². The molecule has 0 bridgehead atoms. The molecule has 4 rings (SSSR count). The van der Waals surface area contributed by atoms with E-state index in [1.165, 1.54) is 31.3 Å². The summed E-state index contributed by atoms with van der Waals surface area (Å²) in [6.45, 7) is 22.8. The Balaban J connectivity index is 0.000000506. The average Bonchev–Trinajstić information content (AvgIpc) is 3.82. The molecule has 0 aromatic carbocycles. The zero-order valence-corrected chi connectivity index (χ0v) is 24.9. The number of nitrogens with zero attached hydrogens (tertiary/aromatic N) is 3. The molecule has 1 aliphatic heterocycles. The van der Waals surface area contributed by atoms with Crippen molar-refractivity contribution >= 4 is 17.0 Å². The molecule has 0 radical (unpaired) electrons. The standard InChI is InChI=1S/C21H28N4.C6H14O.2C2H6/c1-12(2)10-18(22-5)17-11-25(21(15-6-7-15)16-8-9-16)14(4)19-13(3)23-24-20(17)19;1-3-5-6(7)4-2;2*1-2/h10-11,15-16,21H,4,6-9H2,1-3,5H3,(H,23,24);6-7H,3-5H2,1-2H3;2*1-2H3/t;6-;;/m.0../s1. The van der Waals surface area contributed by atoms with Crippen molar-refractivity contribution < 1.29 is 5.11 Å². The lowest BCUT2D eigenvalue weighted by Gasteiger charge is -2.36. The summed E-state index contributed by atoms with van der Waals surface area (Å²) in [7, 11) is 1.86. The normalized spacial score (nSPS) is 17.4. The summed E-state index contributed by atoms with van der Waals surface area (Å²) in [5.74, 6) is 1.64. The molecule has 0 spiro atoms. The third-order valence-electron chi connectivity index (χ3n) is 6.64. The molecule has 1 aromatic rings. The van der Waals surface area contributed by atoms with Gasteiger partial charge < -0.3 is 10.0 Å². The van der Waals surface area contributed by atoms with Crippen molar-refractivity contribution in [1.82, 2.24) is 15.1 Å². The minimum absolute atomic E-state index is 0.0509. The highest BCUT2D eigenvalue weighted by molar-refractivity contribution is 6.30. The number of aliphatic hydroxyl groups excluding tert-OH is 1. The topological polar surface area (TPSA) is 64.5 Å². The first-order valence-corrected chi connectivity index (χ1v) is 14.4. The maximum Gasteiger partial charge on any atom is 0.105 e. The zero-order valence-electron chi connectivity index (χ0n) is 24.9. The summed E-state index contributed by atoms with van der Waals surface area (Å²) in [4.78, 5) is 7.02. The van der Waals surface area contributed by atoms with Gasteiger partial charge in [0.15, 0.2) is 0 Å². The molecule has 5 heteroatoms. The smallest absolute Gasteiger partial charge is 0.105 e. The van der Waals surface area contributed by atoms with Gasteiger partial charge in [-0.05, 0) is 77.2 Å². The summed E-state index contributed by atoms with van der Waals surface area (Å²) >= 11 is 0. The molecule has 204 valence electrons. The number of nitrogens with one attached hydrogen (secondary N) is 1. The summed E-state index contributed by atoms with van der Waals surface area (Å²) in [6.07, 6.45) is 12.7. The van der Waals surface area contributed by atoms with Crippen molar-refractivity contribution in [1.29, 1.82) is 0 Å². The van der Waals surface area contributed by atoms with Crippen LogP contribution in [0, 0.1) is 18.8 Å². The van der Waals surface area contributed by atoms with Gasteiger partial charge in [0.25, 0.3) is 0 Å². The highest BCUT2D eigenvalue weighted by Gasteiger charge is 2.46. The number of aryl methyl sites for hydroxylation is 1. The summed E-state index contributed by atoms with van der Waals surface area (Å²) in [6, 6.07) is 0.592. The first kappa shape index (κ1) is 31.9. The first-order valence-electron chi connectivity index (χ1n) is 14.4. The van der Waals surface area contributed by atoms with Gasteiger partial charge in [-0.3, -0.25) is 10.1 Å². The van der Waals surface area contributed by atoms with E-state index >= 15 is 0 Å². The molecule has 0 unspecified atom stereocenters. The van der Waals surface area contributed by atoms with Crippen molar-refractivity contribution in [2.45, 2.75) is 119 Å². The molecule has 2 aliphatic carbocycles. The molecule has 36 heavy (non-hydrogen) atoms. The molecule has 3 aliphatic rings. The number of hydrogen-bond acceptors (Lipinski definition) is 4. The van der Waals surface area contributed by atoms with Crippen LogP contribution in [0.15, 0.2) is 29.4 Å². The Bertz CT molecular complexity index is 884. The fraction of sp³-hybridized carbons (Fsp3) is 0.677. The van der Waals surface area contributed by atoms with Crippen LogP contribution in [0.4, 0.5) is 0 Å². The number of aromatic amines is 1. The zero-order chi connectivity index (χ0) is 27.4. The molecule has 2 fully saturated rings. The largest absolute Gasteiger partial charge is 0.393 e. The second kappa shape index (κ2) is 15.9. The Morgan fingerprint density at radius 2 is 1.72 bits per heavy atom. The van der Waals surface area contributed by atoms with Crippen molar-refractivity contribution in [3.05, 3.63) is 41.4 Å². The molecule has 0 saturated heterocycles. The van der Waals surface area contributed by atoms with Crippen LogP contribution >= 0.6 is 0 Å². The average molecular weight is 499 g/mol. The van der Waals surface area contributed by atoms with Crippen LogP contribution < -0.4 is 0 Å². The first-order chi connectivity index (χ1) is 17.3. The second-order valence-corrected chi connectivity index (χ2v) is 9.82. The molecule has 2 N–H and O–H groups in total. The minimum Gasteiger partial charge on any atom is -0.393 e. The third-order valence-corrected chi connectivity index (χ3v) is 6.64. The van der Waals surface area contributed by atoms with E-state index in [1.54, 1.807) is 0 Å². The van der Waals surface area contributed by atoms with Crippen molar-refractivity contribution in [3.63, 3.8) is 0 Å². The Hall–Kier alpha value is -2.14. The van der Waals surface area contributed by atoms with E-state index in [1.807, 2.05) is 41.7 Å². The molecule has 0 amide bonds. The van der Waals surface area contributed by atoms with Crippen LogP contribution in [0.5, 0.6) is 0 Å². The van der Waals surface area contributed by atoms with Gasteiger partial charge in [0, 0.05) is 41.8 Å². The van der Waals surface area contributed by atoms with E-state index in [-0.39, 0.29) is 6.10 Å². The fourth-order valence-corrected chi connectivity index (χ4v) is 4.63. The number of hydrogen-bond donors (Lipinski definition) is 2. The van der Waals surface area contributed by atoms with Gasteiger partial charge >= 0.3 is 0 Å². The maximum absolute atomic E-state index is 8.86. The van der Waals surface area contributed by atoms with Crippen LogP contribution in [-0.4, -0.2) is 45.1 Å². The van der Waals surface area contributed by atoms with Gasteiger partial charge in [0.1, 0.15) is 5.69 Å². The number of allylic oxidation sites excluding steroid dienone is 3. The predicted octanol–water partition coefficient (Wildman–Crippen LogP) is 8.18. The number of rotatable bonds is 8. The van der Waals surface area contributed by atoms with Crippen LogP contribution in [0.25, 0.3) is 11.3 Å². The van der Waals surface area contributed by atoms with E-state index in [0.717, 1.165) is 65.0 Å². The van der Waals surface area contributed by atoms with Crippen molar-refractivity contribution in [2.24, 2.45) is 16.8 Å². The minimum atomic E-state index is -0.0509.